The number of piperidine rings is 1. The fraction of sp³-hybridized carbons (Fsp3) is 0.500. The van der Waals surface area contributed by atoms with Gasteiger partial charge in [-0.1, -0.05) is 23.4 Å². The quantitative estimate of drug-likeness (QED) is 0.858. The number of aryl methyl sites for hydroxylation is 1. The first-order valence-electron chi connectivity index (χ1n) is 9.13. The molecule has 2 aromatic rings. The first-order valence-corrected chi connectivity index (χ1v) is 9.13. The minimum absolute atomic E-state index is 0.172. The van der Waals surface area contributed by atoms with Crippen molar-refractivity contribution >= 4 is 5.91 Å². The molecule has 5 heteroatoms. The number of methoxy groups -OCH3 is 1. The van der Waals surface area contributed by atoms with Crippen molar-refractivity contribution in [3.05, 3.63) is 46.8 Å². The number of hydrogen-bond donors (Lipinski definition) is 0. The summed E-state index contributed by atoms with van der Waals surface area (Å²) in [7, 11) is 1.64. The number of nitrogens with zero attached hydrogens (tertiary/aromatic N) is 2. The molecule has 1 fully saturated rings. The largest absolute Gasteiger partial charge is 0.496 e. The van der Waals surface area contributed by atoms with Gasteiger partial charge in [-0.2, -0.15) is 0 Å². The van der Waals surface area contributed by atoms with Crippen LogP contribution in [0.3, 0.4) is 0 Å². The predicted octanol–water partition coefficient (Wildman–Crippen LogP) is 3.12. The summed E-state index contributed by atoms with van der Waals surface area (Å²) in [4.78, 5) is 14.6. The van der Waals surface area contributed by atoms with Crippen molar-refractivity contribution in [2.24, 2.45) is 0 Å². The third-order valence-electron chi connectivity index (χ3n) is 5.49. The van der Waals surface area contributed by atoms with Gasteiger partial charge in [0.05, 0.1) is 19.2 Å². The van der Waals surface area contributed by atoms with E-state index in [1.165, 1.54) is 12.0 Å². The summed E-state index contributed by atoms with van der Waals surface area (Å²) in [5.41, 5.74) is 3.45. The molecule has 4 rings (SSSR count). The summed E-state index contributed by atoms with van der Waals surface area (Å²) < 4.78 is 11.0. The van der Waals surface area contributed by atoms with E-state index < -0.39 is 0 Å². The van der Waals surface area contributed by atoms with Crippen LogP contribution in [-0.4, -0.2) is 36.2 Å². The molecule has 1 aromatic carbocycles. The molecule has 2 heterocycles. The molecule has 5 nitrogen and oxygen atoms in total. The third kappa shape index (κ3) is 3.15. The Morgan fingerprint density at radius 2 is 2.08 bits per heavy atom. The van der Waals surface area contributed by atoms with Crippen molar-refractivity contribution in [3.63, 3.8) is 0 Å². The van der Waals surface area contributed by atoms with Crippen molar-refractivity contribution in [2.45, 2.75) is 44.4 Å². The van der Waals surface area contributed by atoms with Gasteiger partial charge in [0.25, 0.3) is 0 Å². The van der Waals surface area contributed by atoms with Crippen LogP contribution in [-0.2, 0) is 24.1 Å². The molecule has 1 amide bonds. The second kappa shape index (κ2) is 6.90. The van der Waals surface area contributed by atoms with Crippen LogP contribution in [0.5, 0.6) is 5.75 Å². The summed E-state index contributed by atoms with van der Waals surface area (Å²) in [5, 5.41) is 4.23. The third-order valence-corrected chi connectivity index (χ3v) is 5.49. The number of carbonyl (C=O) groups is 1. The summed E-state index contributed by atoms with van der Waals surface area (Å²) in [6.45, 7) is 1.57. The van der Waals surface area contributed by atoms with E-state index in [2.05, 4.69) is 5.16 Å². The number of carbonyl (C=O) groups excluding carboxylic acids is 1. The number of ether oxygens (including phenoxy) is 1. The van der Waals surface area contributed by atoms with E-state index in [1.54, 1.807) is 7.11 Å². The molecule has 25 heavy (non-hydrogen) atoms. The number of likely N-dealkylation sites (tertiary alicyclic amines) is 1. The number of rotatable bonds is 4. The minimum atomic E-state index is 0.172. The van der Waals surface area contributed by atoms with E-state index >= 15 is 0 Å². The van der Waals surface area contributed by atoms with Gasteiger partial charge in [-0.05, 0) is 38.2 Å². The predicted molar refractivity (Wildman–Crippen MR) is 93.8 cm³/mol. The first-order chi connectivity index (χ1) is 12.3. The number of benzene rings is 1. The molecule has 0 N–H and O–H groups in total. The lowest BCUT2D eigenvalue weighted by atomic mass is 9.91. The maximum Gasteiger partial charge on any atom is 0.227 e. The molecule has 2 aliphatic rings. The number of amides is 1. The Morgan fingerprint density at radius 3 is 2.88 bits per heavy atom. The SMILES string of the molecule is COc1ccccc1CC(=O)N1CCC(c2onc3c2CCC3)CC1. The maximum absolute atomic E-state index is 12.7. The van der Waals surface area contributed by atoms with Crippen molar-refractivity contribution < 1.29 is 14.1 Å². The zero-order chi connectivity index (χ0) is 17.2. The Balaban J connectivity index is 1.37. The second-order valence-corrected chi connectivity index (χ2v) is 6.97. The molecule has 1 aliphatic heterocycles. The minimum Gasteiger partial charge on any atom is -0.496 e. The standard InChI is InChI=1S/C20H24N2O3/c1-24-18-8-3-2-5-15(18)13-19(23)22-11-9-14(10-12-22)20-16-6-4-7-17(16)21-25-20/h2-3,5,8,14H,4,6-7,9-13H2,1H3. The van der Waals surface area contributed by atoms with Crippen LogP contribution in [0.2, 0.25) is 0 Å². The van der Waals surface area contributed by atoms with Crippen LogP contribution in [0.1, 0.15) is 47.8 Å². The lowest BCUT2D eigenvalue weighted by Gasteiger charge is -2.31. The number of para-hydroxylation sites is 1. The molecule has 0 spiro atoms. The molecular formula is C20H24N2O3. The molecule has 0 saturated carbocycles. The Labute approximate surface area is 147 Å². The molecule has 0 unspecified atom stereocenters. The summed E-state index contributed by atoms with van der Waals surface area (Å²) in [5.74, 6) is 2.45. The van der Waals surface area contributed by atoms with Crippen LogP contribution < -0.4 is 4.74 Å². The van der Waals surface area contributed by atoms with Crippen molar-refractivity contribution in [3.8, 4) is 5.75 Å². The lowest BCUT2D eigenvalue weighted by molar-refractivity contribution is -0.131. The van der Waals surface area contributed by atoms with Gasteiger partial charge < -0.3 is 14.2 Å². The van der Waals surface area contributed by atoms with E-state index in [4.69, 9.17) is 9.26 Å². The van der Waals surface area contributed by atoms with Crippen LogP contribution in [0.15, 0.2) is 28.8 Å². The molecule has 1 saturated heterocycles. The first kappa shape index (κ1) is 16.2. The molecular weight excluding hydrogens is 316 g/mol. The number of hydrogen-bond acceptors (Lipinski definition) is 4. The second-order valence-electron chi connectivity index (χ2n) is 6.97. The van der Waals surface area contributed by atoms with Crippen molar-refractivity contribution in [1.29, 1.82) is 0 Å². The number of aromatic nitrogens is 1. The average Bonchev–Trinajstić information content (AvgIpc) is 3.26. The van der Waals surface area contributed by atoms with Crippen molar-refractivity contribution in [2.75, 3.05) is 20.2 Å². The van der Waals surface area contributed by atoms with Gasteiger partial charge in [0, 0.05) is 30.1 Å². The highest BCUT2D eigenvalue weighted by Crippen LogP contribution is 2.35. The Kier molecular flexibility index (Phi) is 4.47. The van der Waals surface area contributed by atoms with E-state index in [1.807, 2.05) is 29.2 Å². The zero-order valence-electron chi connectivity index (χ0n) is 14.7. The lowest BCUT2D eigenvalue weighted by Crippen LogP contribution is -2.38. The van der Waals surface area contributed by atoms with Crippen LogP contribution in [0.4, 0.5) is 0 Å². The normalized spacial score (nSPS) is 17.6. The summed E-state index contributed by atoms with van der Waals surface area (Å²) in [6, 6.07) is 7.73. The van der Waals surface area contributed by atoms with Gasteiger partial charge in [-0.3, -0.25) is 4.79 Å². The Hall–Kier alpha value is -2.30. The maximum atomic E-state index is 12.7. The van der Waals surface area contributed by atoms with E-state index in [9.17, 15) is 4.79 Å². The molecule has 0 radical (unpaired) electrons. The van der Waals surface area contributed by atoms with Gasteiger partial charge in [0.1, 0.15) is 11.5 Å². The zero-order valence-corrected chi connectivity index (χ0v) is 14.7. The van der Waals surface area contributed by atoms with E-state index in [0.29, 0.717) is 12.3 Å². The molecule has 0 atom stereocenters. The Morgan fingerprint density at radius 1 is 1.28 bits per heavy atom. The Bertz CT molecular complexity index is 760. The highest BCUT2D eigenvalue weighted by atomic mass is 16.5. The molecule has 1 aromatic heterocycles. The summed E-state index contributed by atoms with van der Waals surface area (Å²) >= 11 is 0. The molecule has 132 valence electrons. The highest BCUT2D eigenvalue weighted by Gasteiger charge is 2.31. The van der Waals surface area contributed by atoms with Gasteiger partial charge in [-0.15, -0.1) is 0 Å². The fourth-order valence-electron chi connectivity index (χ4n) is 4.09. The number of fused-ring (bicyclic) bond motifs is 1. The average molecular weight is 340 g/mol. The van der Waals surface area contributed by atoms with Gasteiger partial charge in [0.15, 0.2) is 0 Å². The van der Waals surface area contributed by atoms with Crippen molar-refractivity contribution in [1.82, 2.24) is 10.1 Å². The van der Waals surface area contributed by atoms with Crippen LogP contribution in [0.25, 0.3) is 0 Å². The smallest absolute Gasteiger partial charge is 0.227 e. The van der Waals surface area contributed by atoms with E-state index in [0.717, 1.165) is 61.5 Å². The van der Waals surface area contributed by atoms with Crippen LogP contribution >= 0.6 is 0 Å². The fourth-order valence-corrected chi connectivity index (χ4v) is 4.09. The molecule has 0 bridgehead atoms. The topological polar surface area (TPSA) is 55.6 Å². The van der Waals surface area contributed by atoms with Gasteiger partial charge in [0.2, 0.25) is 5.91 Å². The van der Waals surface area contributed by atoms with Crippen LogP contribution in [0, 0.1) is 0 Å². The highest BCUT2D eigenvalue weighted by molar-refractivity contribution is 5.79. The van der Waals surface area contributed by atoms with Gasteiger partial charge >= 0.3 is 0 Å². The molecule has 1 aliphatic carbocycles. The van der Waals surface area contributed by atoms with E-state index in [-0.39, 0.29) is 5.91 Å². The monoisotopic (exact) mass is 340 g/mol. The van der Waals surface area contributed by atoms with Gasteiger partial charge in [-0.25, -0.2) is 0 Å². The summed E-state index contributed by atoms with van der Waals surface area (Å²) in [6.07, 6.45) is 5.65.